The number of aliphatic carboxylic acids is 1. The molecule has 0 aromatic rings. The quantitative estimate of drug-likeness (QED) is 0.337. The van der Waals surface area contributed by atoms with E-state index >= 15 is 0 Å². The van der Waals surface area contributed by atoms with Crippen molar-refractivity contribution in [2.75, 3.05) is 40.0 Å². The molecule has 0 aliphatic carbocycles. The van der Waals surface area contributed by atoms with Gasteiger partial charge in [-0.2, -0.15) is 0 Å². The van der Waals surface area contributed by atoms with E-state index in [9.17, 15) is 14.4 Å². The van der Waals surface area contributed by atoms with Crippen LogP contribution in [0.2, 0.25) is 0 Å². The van der Waals surface area contributed by atoms with Crippen LogP contribution < -0.4 is 10.6 Å². The van der Waals surface area contributed by atoms with E-state index in [2.05, 4.69) is 10.6 Å². The largest absolute Gasteiger partial charge is 0.480 e. The van der Waals surface area contributed by atoms with Crippen LogP contribution in [0.1, 0.15) is 40.5 Å². The lowest BCUT2D eigenvalue weighted by atomic mass is 9.94. The van der Waals surface area contributed by atoms with Gasteiger partial charge in [-0.25, -0.2) is 0 Å². The van der Waals surface area contributed by atoms with Crippen molar-refractivity contribution in [3.63, 3.8) is 0 Å². The molecule has 152 valence electrons. The van der Waals surface area contributed by atoms with Crippen molar-refractivity contribution in [1.29, 1.82) is 0 Å². The van der Waals surface area contributed by atoms with Gasteiger partial charge in [-0.05, 0) is 27.3 Å². The van der Waals surface area contributed by atoms with Gasteiger partial charge in [0.25, 0.3) is 0 Å². The first-order valence-corrected chi connectivity index (χ1v) is 8.98. The Balaban J connectivity index is 3.87. The Hall–Kier alpha value is -1.35. The molecular formula is C18H34N2O6. The van der Waals surface area contributed by atoms with Gasteiger partial charge in [-0.3, -0.25) is 14.4 Å². The maximum atomic E-state index is 12.3. The monoisotopic (exact) mass is 374 g/mol. The molecule has 0 saturated carbocycles. The zero-order valence-corrected chi connectivity index (χ0v) is 16.6. The Kier molecular flexibility index (Phi) is 12.2. The summed E-state index contributed by atoms with van der Waals surface area (Å²) in [4.78, 5) is 34.6. The lowest BCUT2D eigenvalue weighted by molar-refractivity contribution is -0.139. The summed E-state index contributed by atoms with van der Waals surface area (Å²) >= 11 is 0. The number of carboxylic acids is 1. The second-order valence-electron chi connectivity index (χ2n) is 6.98. The van der Waals surface area contributed by atoms with Crippen molar-refractivity contribution in [2.45, 2.75) is 52.1 Å². The molecule has 1 unspecified atom stereocenters. The van der Waals surface area contributed by atoms with Crippen LogP contribution in [0.25, 0.3) is 0 Å². The molecule has 8 heteroatoms. The summed E-state index contributed by atoms with van der Waals surface area (Å²) in [6.07, 6.45) is 0.426. The first kappa shape index (κ1) is 24.7. The molecule has 0 fully saturated rings. The second-order valence-corrected chi connectivity index (χ2v) is 6.98. The normalized spacial score (nSPS) is 13.0. The molecule has 0 aliphatic rings. The number of Topliss-reactive ketones (excluding diaryl/α,β-unsaturated/α-hetero) is 2. The third kappa shape index (κ3) is 10.6. The molecule has 3 N–H and O–H groups in total. The van der Waals surface area contributed by atoms with Crippen molar-refractivity contribution >= 4 is 17.5 Å². The Morgan fingerprint density at radius 3 is 2.23 bits per heavy atom. The molecule has 0 aromatic heterocycles. The number of likely N-dealkylation sites (N-methyl/N-ethyl adjacent to an activating group) is 1. The van der Waals surface area contributed by atoms with Crippen molar-refractivity contribution in [2.24, 2.45) is 5.92 Å². The predicted molar refractivity (Wildman–Crippen MR) is 98.3 cm³/mol. The maximum absolute atomic E-state index is 12.3. The van der Waals surface area contributed by atoms with Gasteiger partial charge in [0, 0.05) is 18.9 Å². The first-order chi connectivity index (χ1) is 12.1. The molecule has 0 aromatic carbocycles. The zero-order chi connectivity index (χ0) is 20.2. The number of hydrogen-bond donors (Lipinski definition) is 3. The van der Waals surface area contributed by atoms with Gasteiger partial charge in [0.15, 0.2) is 11.6 Å². The molecule has 8 nitrogen and oxygen atoms in total. The van der Waals surface area contributed by atoms with Gasteiger partial charge in [0.2, 0.25) is 0 Å². The van der Waals surface area contributed by atoms with E-state index in [1.54, 1.807) is 20.9 Å². The Morgan fingerprint density at radius 2 is 1.69 bits per heavy atom. The Bertz CT molecular complexity index is 451. The van der Waals surface area contributed by atoms with Gasteiger partial charge in [0.05, 0.1) is 25.4 Å². The van der Waals surface area contributed by atoms with Crippen LogP contribution in [0.4, 0.5) is 0 Å². The second kappa shape index (κ2) is 12.9. The van der Waals surface area contributed by atoms with E-state index < -0.39 is 17.6 Å². The number of ketones is 2. The molecule has 0 saturated heterocycles. The number of carboxylic acid groups (broad SMARTS) is 1. The van der Waals surface area contributed by atoms with Crippen molar-refractivity contribution in [1.82, 2.24) is 10.6 Å². The highest BCUT2D eigenvalue weighted by atomic mass is 16.5. The maximum Gasteiger partial charge on any atom is 0.320 e. The highest BCUT2D eigenvalue weighted by Crippen LogP contribution is 2.10. The number of hydrogen-bond acceptors (Lipinski definition) is 7. The van der Waals surface area contributed by atoms with Crippen LogP contribution in [0.15, 0.2) is 0 Å². The average molecular weight is 374 g/mol. The molecule has 0 radical (unpaired) electrons. The fourth-order valence-corrected chi connectivity index (χ4v) is 2.07. The molecule has 0 aliphatic heterocycles. The fourth-order valence-electron chi connectivity index (χ4n) is 2.07. The first-order valence-electron chi connectivity index (χ1n) is 8.98. The molecule has 0 amide bonds. The van der Waals surface area contributed by atoms with E-state index in [0.29, 0.717) is 26.4 Å². The fraction of sp³-hybridized carbons (Fsp3) is 0.833. The summed E-state index contributed by atoms with van der Waals surface area (Å²) in [6, 6.07) is -0.722. The van der Waals surface area contributed by atoms with E-state index in [1.807, 2.05) is 13.8 Å². The standard InChI is InChI=1S/C18H34N2O6/c1-13(2)15(21)12-26-11-10-25-9-8-20-18(3,4)16(22)7-6-14(19-5)17(23)24/h13-14,19-20H,6-12H2,1-5H3,(H,23,24). The smallest absolute Gasteiger partial charge is 0.320 e. The van der Waals surface area contributed by atoms with Crippen LogP contribution in [-0.4, -0.2) is 74.2 Å². The van der Waals surface area contributed by atoms with E-state index in [4.69, 9.17) is 14.6 Å². The van der Waals surface area contributed by atoms with Gasteiger partial charge >= 0.3 is 5.97 Å². The summed E-state index contributed by atoms with van der Waals surface area (Å²) in [6.45, 7) is 8.92. The van der Waals surface area contributed by atoms with Crippen LogP contribution in [0.3, 0.4) is 0 Å². The summed E-state index contributed by atoms with van der Waals surface area (Å²) < 4.78 is 10.6. The van der Waals surface area contributed by atoms with E-state index in [1.165, 1.54) is 0 Å². The highest BCUT2D eigenvalue weighted by molar-refractivity contribution is 5.88. The van der Waals surface area contributed by atoms with Crippen molar-refractivity contribution < 1.29 is 29.0 Å². The topological polar surface area (TPSA) is 114 Å². The molecule has 26 heavy (non-hydrogen) atoms. The van der Waals surface area contributed by atoms with Crippen LogP contribution in [0.5, 0.6) is 0 Å². The van der Waals surface area contributed by atoms with Crippen LogP contribution in [0, 0.1) is 5.92 Å². The number of rotatable bonds is 16. The lowest BCUT2D eigenvalue weighted by Gasteiger charge is -2.25. The summed E-state index contributed by atoms with van der Waals surface area (Å²) in [5.41, 5.74) is -0.750. The average Bonchev–Trinajstić information content (AvgIpc) is 2.56. The number of nitrogens with one attached hydrogen (secondary N) is 2. The van der Waals surface area contributed by atoms with Gasteiger partial charge in [-0.15, -0.1) is 0 Å². The minimum Gasteiger partial charge on any atom is -0.480 e. The Labute approximate surface area is 156 Å². The minimum absolute atomic E-state index is 0.0289. The minimum atomic E-state index is -0.961. The third-order valence-electron chi connectivity index (χ3n) is 4.08. The number of carbonyl (C=O) groups excluding carboxylic acids is 2. The van der Waals surface area contributed by atoms with Gasteiger partial charge in [0.1, 0.15) is 12.6 Å². The molecule has 0 heterocycles. The van der Waals surface area contributed by atoms with Crippen molar-refractivity contribution in [3.05, 3.63) is 0 Å². The summed E-state index contributed by atoms with van der Waals surface area (Å²) in [5, 5.41) is 14.8. The molecule has 0 rings (SSSR count). The van der Waals surface area contributed by atoms with E-state index in [-0.39, 0.29) is 36.9 Å². The number of ether oxygens (including phenoxy) is 2. The molecule has 0 bridgehead atoms. The van der Waals surface area contributed by atoms with Crippen molar-refractivity contribution in [3.8, 4) is 0 Å². The predicted octanol–water partition coefficient (Wildman–Crippen LogP) is 0.635. The third-order valence-corrected chi connectivity index (χ3v) is 4.08. The number of carbonyl (C=O) groups is 3. The molecule has 0 spiro atoms. The SMILES string of the molecule is CNC(CCC(=O)C(C)(C)NCCOCCOCC(=O)C(C)C)C(=O)O. The van der Waals surface area contributed by atoms with E-state index in [0.717, 1.165) is 0 Å². The Morgan fingerprint density at radius 1 is 1.08 bits per heavy atom. The van der Waals surface area contributed by atoms with Crippen LogP contribution in [-0.2, 0) is 23.9 Å². The summed E-state index contributed by atoms with van der Waals surface area (Å²) in [5.74, 6) is -0.972. The lowest BCUT2D eigenvalue weighted by Crippen LogP contribution is -2.48. The highest BCUT2D eigenvalue weighted by Gasteiger charge is 2.27. The molecule has 1 atom stereocenters. The van der Waals surface area contributed by atoms with Gasteiger partial charge in [-0.1, -0.05) is 13.8 Å². The van der Waals surface area contributed by atoms with Crippen LogP contribution >= 0.6 is 0 Å². The summed E-state index contributed by atoms with van der Waals surface area (Å²) in [7, 11) is 1.56. The molecular weight excluding hydrogens is 340 g/mol. The zero-order valence-electron chi connectivity index (χ0n) is 16.6. The van der Waals surface area contributed by atoms with Gasteiger partial charge < -0.3 is 25.2 Å².